The molecule has 1 aromatic heterocycles. The van der Waals surface area contributed by atoms with Crippen molar-refractivity contribution in [3.05, 3.63) is 82.6 Å². The maximum Gasteiger partial charge on any atom is 0.255 e. The van der Waals surface area contributed by atoms with E-state index < -0.39 is 11.9 Å². The largest absolute Gasteiger partial charge is 0.318 e. The molecule has 1 atom stereocenters. The summed E-state index contributed by atoms with van der Waals surface area (Å²) < 4.78 is 13.3. The summed E-state index contributed by atoms with van der Waals surface area (Å²) in [7, 11) is 0. The minimum absolute atomic E-state index is 0.218. The Morgan fingerprint density at radius 1 is 1.19 bits per heavy atom. The predicted octanol–water partition coefficient (Wildman–Crippen LogP) is 3.62. The van der Waals surface area contributed by atoms with Crippen LogP contribution in [-0.2, 0) is 11.3 Å². The summed E-state index contributed by atoms with van der Waals surface area (Å²) in [6.07, 6.45) is 1.59. The zero-order chi connectivity index (χ0) is 18.1. The van der Waals surface area contributed by atoms with Gasteiger partial charge in [-0.1, -0.05) is 30.3 Å². The van der Waals surface area contributed by atoms with Crippen LogP contribution >= 0.6 is 11.3 Å². The summed E-state index contributed by atoms with van der Waals surface area (Å²) in [4.78, 5) is 31.3. The molecule has 0 radical (unpaired) electrons. The van der Waals surface area contributed by atoms with Crippen molar-refractivity contribution in [1.82, 2.24) is 9.88 Å². The first-order chi connectivity index (χ1) is 12.6. The first-order valence-electron chi connectivity index (χ1n) is 7.98. The third kappa shape index (κ3) is 2.97. The minimum atomic E-state index is -0.876. The molecule has 0 aliphatic carbocycles. The number of nitrogens with zero attached hydrogens (tertiary/aromatic N) is 2. The van der Waals surface area contributed by atoms with Crippen LogP contribution in [0.4, 0.5) is 9.52 Å². The Morgan fingerprint density at radius 2 is 1.96 bits per heavy atom. The normalized spacial score (nSPS) is 14.2. The Hall–Kier alpha value is -3.06. The van der Waals surface area contributed by atoms with Gasteiger partial charge in [0, 0.05) is 23.7 Å². The average molecular weight is 367 g/mol. The van der Waals surface area contributed by atoms with Crippen molar-refractivity contribution in [3.8, 4) is 0 Å². The third-order valence-corrected chi connectivity index (χ3v) is 4.95. The lowest BCUT2D eigenvalue weighted by atomic mass is 10.0. The summed E-state index contributed by atoms with van der Waals surface area (Å²) >= 11 is 1.29. The van der Waals surface area contributed by atoms with E-state index in [0.717, 1.165) is 5.56 Å². The summed E-state index contributed by atoms with van der Waals surface area (Å²) in [6, 6.07) is 12.0. The Kier molecular flexibility index (Phi) is 4.22. The van der Waals surface area contributed by atoms with Gasteiger partial charge in [0.2, 0.25) is 0 Å². The van der Waals surface area contributed by atoms with Crippen LogP contribution in [0.25, 0.3) is 0 Å². The predicted molar refractivity (Wildman–Crippen MR) is 96.2 cm³/mol. The van der Waals surface area contributed by atoms with Gasteiger partial charge >= 0.3 is 0 Å². The number of carbonyl (C=O) groups is 2. The van der Waals surface area contributed by atoms with Crippen LogP contribution < -0.4 is 5.32 Å². The number of anilines is 1. The van der Waals surface area contributed by atoms with E-state index in [9.17, 15) is 14.0 Å². The van der Waals surface area contributed by atoms with Crippen molar-refractivity contribution in [1.29, 1.82) is 0 Å². The summed E-state index contributed by atoms with van der Waals surface area (Å²) in [5.74, 6) is -0.999. The fraction of sp³-hybridized carbons (Fsp3) is 0.105. The van der Waals surface area contributed by atoms with Gasteiger partial charge in [0.05, 0.1) is 0 Å². The molecule has 0 bridgehead atoms. The van der Waals surface area contributed by atoms with Gasteiger partial charge in [0.25, 0.3) is 11.8 Å². The molecule has 4 rings (SSSR count). The highest BCUT2D eigenvalue weighted by Crippen LogP contribution is 2.32. The second-order valence-electron chi connectivity index (χ2n) is 5.87. The number of nitrogens with one attached hydrogen (secondary N) is 1. The number of halogens is 1. The van der Waals surface area contributed by atoms with Gasteiger partial charge in [-0.2, -0.15) is 0 Å². The van der Waals surface area contributed by atoms with Crippen molar-refractivity contribution in [2.24, 2.45) is 0 Å². The van der Waals surface area contributed by atoms with E-state index in [0.29, 0.717) is 22.8 Å². The minimum Gasteiger partial charge on any atom is -0.318 e. The van der Waals surface area contributed by atoms with E-state index in [1.54, 1.807) is 23.7 Å². The molecule has 0 fully saturated rings. The van der Waals surface area contributed by atoms with E-state index >= 15 is 0 Å². The molecule has 0 saturated carbocycles. The van der Waals surface area contributed by atoms with Gasteiger partial charge in [-0.25, -0.2) is 9.37 Å². The summed E-state index contributed by atoms with van der Waals surface area (Å²) in [6.45, 7) is 0.322. The standard InChI is InChI=1S/C19H14FN3O2S/c20-14-7-5-12(6-8-14)16(17(24)22-19-21-9-10-26-19)23-11-13-3-1-2-4-15(13)18(23)25/h1-10,16H,11H2,(H,21,22,24)/t16-/m0/s1. The van der Waals surface area contributed by atoms with E-state index in [4.69, 9.17) is 0 Å². The zero-order valence-electron chi connectivity index (χ0n) is 13.6. The molecule has 5 nitrogen and oxygen atoms in total. The molecule has 2 amide bonds. The first-order valence-corrected chi connectivity index (χ1v) is 8.86. The van der Waals surface area contributed by atoms with Crippen LogP contribution in [0.2, 0.25) is 0 Å². The Bertz CT molecular complexity index is 957. The summed E-state index contributed by atoms with van der Waals surface area (Å²) in [5, 5.41) is 4.94. The Morgan fingerprint density at radius 3 is 2.65 bits per heavy atom. The number of amides is 2. The van der Waals surface area contributed by atoms with E-state index in [2.05, 4.69) is 10.3 Å². The smallest absolute Gasteiger partial charge is 0.255 e. The molecule has 0 saturated heterocycles. The van der Waals surface area contributed by atoms with Crippen LogP contribution in [0, 0.1) is 5.82 Å². The number of hydrogen-bond acceptors (Lipinski definition) is 4. The topological polar surface area (TPSA) is 62.3 Å². The van der Waals surface area contributed by atoms with Crippen molar-refractivity contribution >= 4 is 28.3 Å². The average Bonchev–Trinajstić information content (AvgIpc) is 3.26. The van der Waals surface area contributed by atoms with Gasteiger partial charge in [-0.15, -0.1) is 11.3 Å². The summed E-state index contributed by atoms with van der Waals surface area (Å²) in [5.41, 5.74) is 2.00. The monoisotopic (exact) mass is 367 g/mol. The highest BCUT2D eigenvalue weighted by Gasteiger charge is 2.37. The van der Waals surface area contributed by atoms with Crippen molar-refractivity contribution in [3.63, 3.8) is 0 Å². The van der Waals surface area contributed by atoms with Gasteiger partial charge in [0.15, 0.2) is 5.13 Å². The third-order valence-electron chi connectivity index (χ3n) is 4.26. The number of aromatic nitrogens is 1. The second kappa shape index (κ2) is 6.68. The van der Waals surface area contributed by atoms with Crippen molar-refractivity contribution in [2.75, 3.05) is 5.32 Å². The number of thiazole rings is 1. The number of rotatable bonds is 4. The number of hydrogen-bond donors (Lipinski definition) is 1. The lowest BCUT2D eigenvalue weighted by Crippen LogP contribution is -2.37. The van der Waals surface area contributed by atoms with Crippen molar-refractivity contribution in [2.45, 2.75) is 12.6 Å². The lowest BCUT2D eigenvalue weighted by molar-refractivity contribution is -0.120. The maximum absolute atomic E-state index is 13.3. The molecule has 2 heterocycles. The number of benzene rings is 2. The molecule has 0 unspecified atom stereocenters. The van der Waals surface area contributed by atoms with Crippen molar-refractivity contribution < 1.29 is 14.0 Å². The molecule has 1 aliphatic rings. The van der Waals surface area contributed by atoms with Crippen LogP contribution in [0.5, 0.6) is 0 Å². The molecule has 1 aliphatic heterocycles. The molecule has 26 heavy (non-hydrogen) atoms. The molecule has 1 N–H and O–H groups in total. The SMILES string of the molecule is O=C(Nc1nccs1)[C@H](c1ccc(F)cc1)N1Cc2ccccc2C1=O. The lowest BCUT2D eigenvalue weighted by Gasteiger charge is -2.27. The van der Waals surface area contributed by atoms with E-state index in [1.165, 1.54) is 40.5 Å². The van der Waals surface area contributed by atoms with E-state index in [1.807, 2.05) is 12.1 Å². The van der Waals surface area contributed by atoms with Crippen LogP contribution in [-0.4, -0.2) is 21.7 Å². The zero-order valence-corrected chi connectivity index (χ0v) is 14.4. The van der Waals surface area contributed by atoms with Gasteiger partial charge in [0.1, 0.15) is 11.9 Å². The molecule has 0 spiro atoms. The Balaban J connectivity index is 1.70. The maximum atomic E-state index is 13.3. The van der Waals surface area contributed by atoms with Gasteiger partial charge in [-0.05, 0) is 29.3 Å². The second-order valence-corrected chi connectivity index (χ2v) is 6.77. The fourth-order valence-corrected chi connectivity index (χ4v) is 3.59. The van der Waals surface area contributed by atoms with E-state index in [-0.39, 0.29) is 11.8 Å². The highest BCUT2D eigenvalue weighted by atomic mass is 32.1. The van der Waals surface area contributed by atoms with Gasteiger partial charge < -0.3 is 4.90 Å². The van der Waals surface area contributed by atoms with Crippen LogP contribution in [0.3, 0.4) is 0 Å². The molecular formula is C19H14FN3O2S. The Labute approximate surface area is 153 Å². The van der Waals surface area contributed by atoms with Crippen LogP contribution in [0.1, 0.15) is 27.5 Å². The molecule has 3 aromatic rings. The molecular weight excluding hydrogens is 353 g/mol. The van der Waals surface area contributed by atoms with Gasteiger partial charge in [-0.3, -0.25) is 14.9 Å². The van der Waals surface area contributed by atoms with Crippen LogP contribution in [0.15, 0.2) is 60.1 Å². The first kappa shape index (κ1) is 16.4. The molecule has 130 valence electrons. The highest BCUT2D eigenvalue weighted by molar-refractivity contribution is 7.13. The number of carbonyl (C=O) groups excluding carboxylic acids is 2. The number of fused-ring (bicyclic) bond motifs is 1. The fourth-order valence-electron chi connectivity index (χ4n) is 3.06. The molecule has 2 aromatic carbocycles. The quantitative estimate of drug-likeness (QED) is 0.766. The molecule has 7 heteroatoms.